The van der Waals surface area contributed by atoms with Crippen molar-refractivity contribution >= 4 is 10.9 Å². The van der Waals surface area contributed by atoms with Crippen LogP contribution in [0.1, 0.15) is 35.7 Å². The third kappa shape index (κ3) is 1.54. The zero-order valence-corrected chi connectivity index (χ0v) is 9.93. The summed E-state index contributed by atoms with van der Waals surface area (Å²) < 4.78 is 0. The van der Waals surface area contributed by atoms with E-state index in [2.05, 4.69) is 42.3 Å². The second kappa shape index (κ2) is 3.63. The molecule has 2 heterocycles. The van der Waals surface area contributed by atoms with Gasteiger partial charge in [-0.05, 0) is 50.9 Å². The minimum atomic E-state index is 0.534. The Morgan fingerprint density at radius 2 is 2.06 bits per heavy atom. The predicted octanol–water partition coefficient (Wildman–Crippen LogP) is 3.21. The van der Waals surface area contributed by atoms with E-state index in [1.165, 1.54) is 40.6 Å². The minimum Gasteiger partial charge on any atom is -0.357 e. The normalized spacial score (nSPS) is 20.8. The molecule has 1 atom stereocenters. The zero-order chi connectivity index (χ0) is 11.1. The number of benzene rings is 1. The topological polar surface area (TPSA) is 27.8 Å². The van der Waals surface area contributed by atoms with Crippen LogP contribution in [0.4, 0.5) is 0 Å². The maximum absolute atomic E-state index is 3.57. The summed E-state index contributed by atoms with van der Waals surface area (Å²) in [5.41, 5.74) is 5.34. The molecule has 1 fully saturated rings. The van der Waals surface area contributed by atoms with Gasteiger partial charge >= 0.3 is 0 Å². The maximum atomic E-state index is 3.57. The molecule has 1 saturated heterocycles. The second-order valence-corrected chi connectivity index (χ2v) is 4.92. The molecular formula is C14H18N2. The lowest BCUT2D eigenvalue weighted by Gasteiger charge is -2.06. The molecule has 0 aliphatic carbocycles. The van der Waals surface area contributed by atoms with Gasteiger partial charge in [0.05, 0.1) is 0 Å². The Labute approximate surface area is 96.1 Å². The molecule has 2 heteroatoms. The molecule has 1 unspecified atom stereocenters. The quantitative estimate of drug-likeness (QED) is 0.749. The van der Waals surface area contributed by atoms with E-state index < -0.39 is 0 Å². The molecule has 84 valence electrons. The minimum absolute atomic E-state index is 0.534. The highest BCUT2D eigenvalue weighted by atomic mass is 15.0. The number of H-pyrrole nitrogens is 1. The number of rotatable bonds is 1. The highest BCUT2D eigenvalue weighted by Crippen LogP contribution is 2.28. The molecule has 0 radical (unpaired) electrons. The lowest BCUT2D eigenvalue weighted by atomic mass is 10.1. The number of hydrogen-bond acceptors (Lipinski definition) is 1. The first-order valence-electron chi connectivity index (χ1n) is 6.07. The first kappa shape index (κ1) is 9.91. The van der Waals surface area contributed by atoms with E-state index in [1.54, 1.807) is 0 Å². The van der Waals surface area contributed by atoms with Crippen LogP contribution in [0.3, 0.4) is 0 Å². The average molecular weight is 214 g/mol. The van der Waals surface area contributed by atoms with Crippen molar-refractivity contribution < 1.29 is 0 Å². The van der Waals surface area contributed by atoms with Crippen molar-refractivity contribution in [2.75, 3.05) is 6.54 Å². The van der Waals surface area contributed by atoms with Gasteiger partial charge in [0.2, 0.25) is 0 Å². The molecule has 0 bridgehead atoms. The Balaban J connectivity index is 2.11. The fourth-order valence-corrected chi connectivity index (χ4v) is 2.77. The summed E-state index contributed by atoms with van der Waals surface area (Å²) in [6.45, 7) is 5.49. The van der Waals surface area contributed by atoms with Crippen LogP contribution in [0.15, 0.2) is 18.2 Å². The fraction of sp³-hybridized carbons (Fsp3) is 0.429. The molecule has 0 spiro atoms. The third-order valence-corrected chi connectivity index (χ3v) is 3.53. The van der Waals surface area contributed by atoms with Crippen LogP contribution >= 0.6 is 0 Å². The van der Waals surface area contributed by atoms with E-state index in [4.69, 9.17) is 0 Å². The van der Waals surface area contributed by atoms with Gasteiger partial charge in [0.15, 0.2) is 0 Å². The first-order chi connectivity index (χ1) is 7.74. The standard InChI is InChI=1S/C14H18N2/c1-9-6-10(2)14-11(7-9)8-13(16-14)12-4-3-5-15-12/h6-8,12,15-16H,3-5H2,1-2H3. The summed E-state index contributed by atoms with van der Waals surface area (Å²) in [6.07, 6.45) is 2.54. The first-order valence-corrected chi connectivity index (χ1v) is 6.07. The molecule has 0 saturated carbocycles. The average Bonchev–Trinajstić information content (AvgIpc) is 2.82. The molecule has 2 aromatic rings. The molecule has 1 aromatic carbocycles. The summed E-state index contributed by atoms with van der Waals surface area (Å²) in [6, 6.07) is 7.34. The van der Waals surface area contributed by atoms with Crippen LogP contribution in [0.25, 0.3) is 10.9 Å². The van der Waals surface area contributed by atoms with E-state index in [1.807, 2.05) is 0 Å². The van der Waals surface area contributed by atoms with Gasteiger partial charge in [0, 0.05) is 22.6 Å². The van der Waals surface area contributed by atoms with E-state index in [0.29, 0.717) is 6.04 Å². The van der Waals surface area contributed by atoms with E-state index in [9.17, 15) is 0 Å². The van der Waals surface area contributed by atoms with Crippen LogP contribution < -0.4 is 5.32 Å². The molecule has 2 nitrogen and oxygen atoms in total. The molecule has 0 amide bonds. The number of aromatic nitrogens is 1. The monoisotopic (exact) mass is 214 g/mol. The highest BCUT2D eigenvalue weighted by Gasteiger charge is 2.18. The molecule has 1 aliphatic heterocycles. The van der Waals surface area contributed by atoms with Crippen LogP contribution in [-0.4, -0.2) is 11.5 Å². The van der Waals surface area contributed by atoms with Gasteiger partial charge in [-0.2, -0.15) is 0 Å². The van der Waals surface area contributed by atoms with Gasteiger partial charge in [-0.15, -0.1) is 0 Å². The van der Waals surface area contributed by atoms with Crippen molar-refractivity contribution in [3.05, 3.63) is 35.0 Å². The van der Waals surface area contributed by atoms with Crippen LogP contribution in [-0.2, 0) is 0 Å². The van der Waals surface area contributed by atoms with Gasteiger partial charge in [0.1, 0.15) is 0 Å². The van der Waals surface area contributed by atoms with Crippen molar-refractivity contribution in [3.8, 4) is 0 Å². The zero-order valence-electron chi connectivity index (χ0n) is 9.93. The van der Waals surface area contributed by atoms with Gasteiger partial charge < -0.3 is 10.3 Å². The van der Waals surface area contributed by atoms with E-state index in [-0.39, 0.29) is 0 Å². The van der Waals surface area contributed by atoms with Crippen molar-refractivity contribution in [1.29, 1.82) is 0 Å². The third-order valence-electron chi connectivity index (χ3n) is 3.53. The summed E-state index contributed by atoms with van der Waals surface area (Å²) in [4.78, 5) is 3.57. The van der Waals surface area contributed by atoms with Gasteiger partial charge in [0.25, 0.3) is 0 Å². The fourth-order valence-electron chi connectivity index (χ4n) is 2.77. The lowest BCUT2D eigenvalue weighted by molar-refractivity contribution is 0.633. The largest absolute Gasteiger partial charge is 0.357 e. The molecule has 3 rings (SSSR count). The van der Waals surface area contributed by atoms with Crippen LogP contribution in [0.2, 0.25) is 0 Å². The van der Waals surface area contributed by atoms with Gasteiger partial charge in [-0.1, -0.05) is 11.6 Å². The molecule has 1 aromatic heterocycles. The summed E-state index contributed by atoms with van der Waals surface area (Å²) in [5, 5.41) is 4.88. The number of nitrogens with one attached hydrogen (secondary N) is 2. The van der Waals surface area contributed by atoms with Gasteiger partial charge in [-0.25, -0.2) is 0 Å². The number of aryl methyl sites for hydroxylation is 2. The molecular weight excluding hydrogens is 196 g/mol. The number of aromatic amines is 1. The van der Waals surface area contributed by atoms with E-state index in [0.717, 1.165) is 6.54 Å². The molecule has 2 N–H and O–H groups in total. The van der Waals surface area contributed by atoms with Crippen molar-refractivity contribution in [2.24, 2.45) is 0 Å². The van der Waals surface area contributed by atoms with Gasteiger partial charge in [-0.3, -0.25) is 0 Å². The Morgan fingerprint density at radius 1 is 1.19 bits per heavy atom. The summed E-state index contributed by atoms with van der Waals surface area (Å²) >= 11 is 0. The van der Waals surface area contributed by atoms with E-state index >= 15 is 0 Å². The predicted molar refractivity (Wildman–Crippen MR) is 67.8 cm³/mol. The Hall–Kier alpha value is -1.28. The van der Waals surface area contributed by atoms with Crippen LogP contribution in [0.5, 0.6) is 0 Å². The Kier molecular flexibility index (Phi) is 2.25. The number of fused-ring (bicyclic) bond motifs is 1. The van der Waals surface area contributed by atoms with Crippen LogP contribution in [0, 0.1) is 13.8 Å². The SMILES string of the molecule is Cc1cc(C)c2[nH]c(C3CCCN3)cc2c1. The smallest absolute Gasteiger partial charge is 0.0486 e. The molecule has 16 heavy (non-hydrogen) atoms. The second-order valence-electron chi connectivity index (χ2n) is 4.92. The molecule has 1 aliphatic rings. The Bertz CT molecular complexity index is 519. The number of hydrogen-bond donors (Lipinski definition) is 2. The van der Waals surface area contributed by atoms with Crippen molar-refractivity contribution in [3.63, 3.8) is 0 Å². The van der Waals surface area contributed by atoms with Crippen molar-refractivity contribution in [1.82, 2.24) is 10.3 Å². The van der Waals surface area contributed by atoms with Crippen molar-refractivity contribution in [2.45, 2.75) is 32.7 Å². The highest BCUT2D eigenvalue weighted by molar-refractivity contribution is 5.84. The summed E-state index contributed by atoms with van der Waals surface area (Å²) in [7, 11) is 0. The Morgan fingerprint density at radius 3 is 2.81 bits per heavy atom. The lowest BCUT2D eigenvalue weighted by Crippen LogP contribution is -2.12. The summed E-state index contributed by atoms with van der Waals surface area (Å²) in [5.74, 6) is 0. The maximum Gasteiger partial charge on any atom is 0.0486 e.